The van der Waals surface area contributed by atoms with E-state index in [9.17, 15) is 9.18 Å². The van der Waals surface area contributed by atoms with Gasteiger partial charge in [0, 0.05) is 0 Å². The molecule has 1 heterocycles. The highest BCUT2D eigenvalue weighted by Crippen LogP contribution is 2.23. The topological polar surface area (TPSA) is 38.3 Å². The standard InChI is InChI=1S/C19H19ClFNO2/c20-16-9-14(6-7-17(16)21)8-15-10-18(22-11-15)19(23)24-12-13-4-2-1-3-5-13/h1-7,9,15,18,22H,8,10-12H2/t15-,18+/m0/s1. The molecule has 24 heavy (non-hydrogen) atoms. The summed E-state index contributed by atoms with van der Waals surface area (Å²) in [7, 11) is 0. The largest absolute Gasteiger partial charge is 0.460 e. The van der Waals surface area contributed by atoms with Gasteiger partial charge in [-0.3, -0.25) is 4.79 Å². The molecule has 1 N–H and O–H groups in total. The van der Waals surface area contributed by atoms with E-state index >= 15 is 0 Å². The zero-order chi connectivity index (χ0) is 16.9. The number of rotatable bonds is 5. The number of benzene rings is 2. The fourth-order valence-electron chi connectivity index (χ4n) is 2.97. The van der Waals surface area contributed by atoms with Crippen molar-refractivity contribution in [3.05, 3.63) is 70.5 Å². The molecule has 0 spiro atoms. The van der Waals surface area contributed by atoms with Gasteiger partial charge in [-0.15, -0.1) is 0 Å². The number of hydrogen-bond acceptors (Lipinski definition) is 3. The molecule has 0 radical (unpaired) electrons. The van der Waals surface area contributed by atoms with Gasteiger partial charge in [-0.2, -0.15) is 0 Å². The van der Waals surface area contributed by atoms with E-state index in [0.717, 1.165) is 24.1 Å². The number of ether oxygens (including phenoxy) is 1. The Kier molecular flexibility index (Phi) is 5.48. The molecule has 3 rings (SSSR count). The molecular weight excluding hydrogens is 329 g/mol. The number of hydrogen-bond donors (Lipinski definition) is 1. The van der Waals surface area contributed by atoms with Crippen LogP contribution in [-0.4, -0.2) is 18.6 Å². The average molecular weight is 348 g/mol. The lowest BCUT2D eigenvalue weighted by molar-refractivity contribution is -0.147. The highest BCUT2D eigenvalue weighted by atomic mass is 35.5. The summed E-state index contributed by atoms with van der Waals surface area (Å²) in [6.07, 6.45) is 1.47. The van der Waals surface area contributed by atoms with Gasteiger partial charge in [-0.25, -0.2) is 4.39 Å². The molecule has 0 amide bonds. The molecule has 2 aromatic rings. The van der Waals surface area contributed by atoms with Crippen molar-refractivity contribution in [2.45, 2.75) is 25.5 Å². The Balaban J connectivity index is 1.49. The maximum atomic E-state index is 13.2. The minimum atomic E-state index is -0.410. The Morgan fingerprint density at radius 3 is 2.75 bits per heavy atom. The molecule has 2 aromatic carbocycles. The minimum absolute atomic E-state index is 0.136. The fraction of sp³-hybridized carbons (Fsp3) is 0.316. The molecule has 5 heteroatoms. The molecule has 1 saturated heterocycles. The van der Waals surface area contributed by atoms with E-state index in [0.29, 0.717) is 12.3 Å². The summed E-state index contributed by atoms with van der Waals surface area (Å²) in [5, 5.41) is 3.34. The summed E-state index contributed by atoms with van der Waals surface area (Å²) < 4.78 is 18.6. The summed E-state index contributed by atoms with van der Waals surface area (Å²) in [6, 6.07) is 14.1. The van der Waals surface area contributed by atoms with Crippen molar-refractivity contribution in [1.29, 1.82) is 0 Å². The first-order valence-corrected chi connectivity index (χ1v) is 8.37. The van der Waals surface area contributed by atoms with Crippen molar-refractivity contribution < 1.29 is 13.9 Å². The zero-order valence-corrected chi connectivity index (χ0v) is 13.9. The molecule has 0 saturated carbocycles. The lowest BCUT2D eigenvalue weighted by atomic mass is 9.97. The SMILES string of the molecule is O=C(OCc1ccccc1)[C@H]1C[C@H](Cc2ccc(F)c(Cl)c2)CN1. The van der Waals surface area contributed by atoms with Crippen molar-refractivity contribution in [2.75, 3.05) is 6.54 Å². The second kappa shape index (κ2) is 7.77. The van der Waals surface area contributed by atoms with Gasteiger partial charge >= 0.3 is 5.97 Å². The van der Waals surface area contributed by atoms with Crippen molar-refractivity contribution >= 4 is 17.6 Å². The molecule has 1 fully saturated rings. The van der Waals surface area contributed by atoms with Crippen LogP contribution in [0.3, 0.4) is 0 Å². The summed E-state index contributed by atoms with van der Waals surface area (Å²) in [6.45, 7) is 1.02. The summed E-state index contributed by atoms with van der Waals surface area (Å²) >= 11 is 5.81. The lowest BCUT2D eigenvalue weighted by Crippen LogP contribution is -2.32. The third-order valence-corrected chi connectivity index (χ3v) is 4.53. The van der Waals surface area contributed by atoms with E-state index in [1.54, 1.807) is 12.1 Å². The first-order valence-electron chi connectivity index (χ1n) is 7.99. The number of carbonyl (C=O) groups excluding carboxylic acids is 1. The minimum Gasteiger partial charge on any atom is -0.460 e. The van der Waals surface area contributed by atoms with E-state index in [2.05, 4.69) is 5.32 Å². The third kappa shape index (κ3) is 4.34. The molecule has 2 atom stereocenters. The van der Waals surface area contributed by atoms with Gasteiger partial charge in [-0.05, 0) is 48.6 Å². The zero-order valence-electron chi connectivity index (χ0n) is 13.2. The Bertz CT molecular complexity index is 708. The van der Waals surface area contributed by atoms with Gasteiger partial charge < -0.3 is 10.1 Å². The van der Waals surface area contributed by atoms with E-state index in [1.165, 1.54) is 6.07 Å². The summed E-state index contributed by atoms with van der Waals surface area (Å²) in [5.74, 6) is -0.327. The van der Waals surface area contributed by atoms with Gasteiger partial charge in [-0.1, -0.05) is 48.0 Å². The molecular formula is C19H19ClFNO2. The van der Waals surface area contributed by atoms with Crippen LogP contribution in [0.2, 0.25) is 5.02 Å². The third-order valence-electron chi connectivity index (χ3n) is 4.24. The van der Waals surface area contributed by atoms with Gasteiger partial charge in [0.25, 0.3) is 0 Å². The molecule has 3 nitrogen and oxygen atoms in total. The van der Waals surface area contributed by atoms with Crippen LogP contribution in [0.5, 0.6) is 0 Å². The van der Waals surface area contributed by atoms with Crippen LogP contribution >= 0.6 is 11.6 Å². The van der Waals surface area contributed by atoms with Gasteiger partial charge in [0.1, 0.15) is 18.5 Å². The second-order valence-corrected chi connectivity index (χ2v) is 6.52. The number of nitrogens with one attached hydrogen (secondary N) is 1. The lowest BCUT2D eigenvalue weighted by Gasteiger charge is -2.11. The van der Waals surface area contributed by atoms with Crippen LogP contribution in [0.25, 0.3) is 0 Å². The number of esters is 1. The molecule has 1 aliphatic rings. The van der Waals surface area contributed by atoms with E-state index in [-0.39, 0.29) is 23.6 Å². The van der Waals surface area contributed by atoms with Crippen LogP contribution in [0, 0.1) is 11.7 Å². The Morgan fingerprint density at radius 2 is 2.00 bits per heavy atom. The van der Waals surface area contributed by atoms with Gasteiger partial charge in [0.15, 0.2) is 0 Å². The molecule has 0 bridgehead atoms. The van der Waals surface area contributed by atoms with Crippen LogP contribution in [0.1, 0.15) is 17.5 Å². The van der Waals surface area contributed by atoms with Crippen LogP contribution in [0.15, 0.2) is 48.5 Å². The Morgan fingerprint density at radius 1 is 1.21 bits per heavy atom. The van der Waals surface area contributed by atoms with Crippen LogP contribution < -0.4 is 5.32 Å². The predicted molar refractivity (Wildman–Crippen MR) is 91.2 cm³/mol. The van der Waals surface area contributed by atoms with Crippen LogP contribution in [-0.2, 0) is 22.6 Å². The summed E-state index contributed by atoms with van der Waals surface area (Å²) in [5.41, 5.74) is 1.95. The number of carbonyl (C=O) groups is 1. The molecule has 0 aromatic heterocycles. The Labute approximate surface area is 145 Å². The van der Waals surface area contributed by atoms with Crippen molar-refractivity contribution in [1.82, 2.24) is 5.32 Å². The summed E-state index contributed by atoms with van der Waals surface area (Å²) in [4.78, 5) is 12.2. The first kappa shape index (κ1) is 16.9. The molecule has 0 unspecified atom stereocenters. The van der Waals surface area contributed by atoms with E-state index in [4.69, 9.17) is 16.3 Å². The maximum Gasteiger partial charge on any atom is 0.323 e. The highest BCUT2D eigenvalue weighted by molar-refractivity contribution is 6.30. The highest BCUT2D eigenvalue weighted by Gasteiger charge is 2.30. The normalized spacial score (nSPS) is 20.1. The van der Waals surface area contributed by atoms with E-state index in [1.807, 2.05) is 30.3 Å². The van der Waals surface area contributed by atoms with Crippen molar-refractivity contribution in [3.8, 4) is 0 Å². The van der Waals surface area contributed by atoms with Gasteiger partial charge in [0.2, 0.25) is 0 Å². The first-order chi connectivity index (χ1) is 11.6. The van der Waals surface area contributed by atoms with Crippen molar-refractivity contribution in [2.24, 2.45) is 5.92 Å². The monoisotopic (exact) mass is 347 g/mol. The van der Waals surface area contributed by atoms with Gasteiger partial charge in [0.05, 0.1) is 5.02 Å². The smallest absolute Gasteiger partial charge is 0.323 e. The Hall–Kier alpha value is -1.91. The number of halogens is 2. The van der Waals surface area contributed by atoms with Crippen LogP contribution in [0.4, 0.5) is 4.39 Å². The molecule has 126 valence electrons. The quantitative estimate of drug-likeness (QED) is 0.837. The maximum absolute atomic E-state index is 13.2. The van der Waals surface area contributed by atoms with Crippen molar-refractivity contribution in [3.63, 3.8) is 0 Å². The average Bonchev–Trinajstić information content (AvgIpc) is 3.05. The molecule has 0 aliphatic carbocycles. The predicted octanol–water partition coefficient (Wildman–Crippen LogP) is 3.74. The fourth-order valence-corrected chi connectivity index (χ4v) is 3.18. The van der Waals surface area contributed by atoms with E-state index < -0.39 is 5.82 Å². The second-order valence-electron chi connectivity index (χ2n) is 6.11. The molecule has 1 aliphatic heterocycles.